The lowest BCUT2D eigenvalue weighted by molar-refractivity contribution is -0.138. The van der Waals surface area contributed by atoms with E-state index in [1.807, 2.05) is 0 Å². The maximum atomic E-state index is 12.8. The number of hydrogen-bond donors (Lipinski definition) is 1. The zero-order valence-corrected chi connectivity index (χ0v) is 10.5. The van der Waals surface area contributed by atoms with Crippen molar-refractivity contribution in [2.45, 2.75) is 32.0 Å². The molecule has 1 atom stereocenters. The summed E-state index contributed by atoms with van der Waals surface area (Å²) in [5.74, 6) is -0.316. The summed E-state index contributed by atoms with van der Waals surface area (Å²) < 4.78 is 38.5. The Balaban J connectivity index is 2.38. The molecule has 1 fully saturated rings. The number of hydrogen-bond acceptors (Lipinski definition) is 2. The smallest absolute Gasteiger partial charge is 0.320 e. The molecule has 1 heterocycles. The number of benzene rings is 1. The third-order valence-electron chi connectivity index (χ3n) is 3.32. The fraction of sp³-hybridized carbons (Fsp3) is 0.462. The number of aryl methyl sites for hydroxylation is 1. The highest BCUT2D eigenvalue weighted by atomic mass is 19.4. The first-order valence-electron chi connectivity index (χ1n) is 6.05. The SMILES string of the molecule is Cc1ccc(N2CCCC(N)C2=O)cc1C(F)(F)F. The van der Waals surface area contributed by atoms with Crippen LogP contribution in [0, 0.1) is 6.92 Å². The topological polar surface area (TPSA) is 46.3 Å². The maximum Gasteiger partial charge on any atom is 0.416 e. The van der Waals surface area contributed by atoms with E-state index in [0.717, 1.165) is 6.07 Å². The molecule has 0 bridgehead atoms. The lowest BCUT2D eigenvalue weighted by Gasteiger charge is -2.31. The monoisotopic (exact) mass is 272 g/mol. The molecule has 2 rings (SSSR count). The van der Waals surface area contributed by atoms with Crippen LogP contribution in [0.3, 0.4) is 0 Å². The predicted octanol–water partition coefficient (Wildman–Crippen LogP) is 2.47. The molecule has 3 nitrogen and oxygen atoms in total. The Kier molecular flexibility index (Phi) is 3.54. The summed E-state index contributed by atoms with van der Waals surface area (Å²) >= 11 is 0. The van der Waals surface area contributed by atoms with Crippen LogP contribution in [-0.2, 0) is 11.0 Å². The van der Waals surface area contributed by atoms with Crippen molar-refractivity contribution < 1.29 is 18.0 Å². The van der Waals surface area contributed by atoms with Gasteiger partial charge in [-0.2, -0.15) is 13.2 Å². The van der Waals surface area contributed by atoms with E-state index in [1.165, 1.54) is 24.0 Å². The number of alkyl halides is 3. The zero-order chi connectivity index (χ0) is 14.2. The second kappa shape index (κ2) is 4.85. The van der Waals surface area contributed by atoms with Gasteiger partial charge in [0.15, 0.2) is 0 Å². The van der Waals surface area contributed by atoms with E-state index < -0.39 is 17.8 Å². The predicted molar refractivity (Wildman–Crippen MR) is 65.7 cm³/mol. The molecule has 19 heavy (non-hydrogen) atoms. The third-order valence-corrected chi connectivity index (χ3v) is 3.32. The Hall–Kier alpha value is -1.56. The summed E-state index contributed by atoms with van der Waals surface area (Å²) in [4.78, 5) is 13.2. The molecule has 1 aromatic carbocycles. The van der Waals surface area contributed by atoms with Crippen LogP contribution >= 0.6 is 0 Å². The van der Waals surface area contributed by atoms with E-state index in [9.17, 15) is 18.0 Å². The number of nitrogens with two attached hydrogens (primary N) is 1. The van der Waals surface area contributed by atoms with Crippen LogP contribution < -0.4 is 10.6 Å². The molecule has 0 aromatic heterocycles. The fourth-order valence-corrected chi connectivity index (χ4v) is 2.24. The average molecular weight is 272 g/mol. The second-order valence-electron chi connectivity index (χ2n) is 4.74. The number of piperidine rings is 1. The standard InChI is InChI=1S/C13H15F3N2O/c1-8-4-5-9(7-10(8)13(14,15)16)18-6-2-3-11(17)12(18)19/h4-5,7,11H,2-3,6,17H2,1H3. The van der Waals surface area contributed by atoms with E-state index in [0.29, 0.717) is 19.4 Å². The van der Waals surface area contributed by atoms with Crippen LogP contribution in [0.2, 0.25) is 0 Å². The van der Waals surface area contributed by atoms with Gasteiger partial charge in [-0.05, 0) is 37.5 Å². The number of carbonyl (C=O) groups is 1. The van der Waals surface area contributed by atoms with Gasteiger partial charge in [-0.25, -0.2) is 0 Å². The van der Waals surface area contributed by atoms with Gasteiger partial charge >= 0.3 is 6.18 Å². The van der Waals surface area contributed by atoms with Crippen LogP contribution in [0.4, 0.5) is 18.9 Å². The van der Waals surface area contributed by atoms with Crippen molar-refractivity contribution in [3.63, 3.8) is 0 Å². The molecular formula is C13H15F3N2O. The fourth-order valence-electron chi connectivity index (χ4n) is 2.24. The van der Waals surface area contributed by atoms with Crippen molar-refractivity contribution in [2.24, 2.45) is 5.73 Å². The molecule has 1 saturated heterocycles. The minimum atomic E-state index is -4.42. The molecule has 104 valence electrons. The van der Waals surface area contributed by atoms with Crippen LogP contribution in [0.5, 0.6) is 0 Å². The number of amides is 1. The lowest BCUT2D eigenvalue weighted by Crippen LogP contribution is -2.48. The van der Waals surface area contributed by atoms with Crippen molar-refractivity contribution in [3.05, 3.63) is 29.3 Å². The first kappa shape index (κ1) is 13.9. The van der Waals surface area contributed by atoms with Gasteiger partial charge in [-0.1, -0.05) is 6.07 Å². The van der Waals surface area contributed by atoms with Crippen molar-refractivity contribution in [3.8, 4) is 0 Å². The quantitative estimate of drug-likeness (QED) is 0.853. The van der Waals surface area contributed by atoms with Gasteiger partial charge in [0.2, 0.25) is 5.91 Å². The van der Waals surface area contributed by atoms with E-state index in [-0.39, 0.29) is 17.2 Å². The summed E-state index contributed by atoms with van der Waals surface area (Å²) in [6.07, 6.45) is -3.14. The van der Waals surface area contributed by atoms with Crippen LogP contribution in [0.1, 0.15) is 24.0 Å². The summed E-state index contributed by atoms with van der Waals surface area (Å²) in [5, 5.41) is 0. The van der Waals surface area contributed by atoms with E-state index in [4.69, 9.17) is 5.73 Å². The molecule has 1 unspecified atom stereocenters. The van der Waals surface area contributed by atoms with Gasteiger partial charge in [0, 0.05) is 12.2 Å². The average Bonchev–Trinajstić information content (AvgIpc) is 2.32. The molecule has 0 radical (unpaired) electrons. The van der Waals surface area contributed by atoms with E-state index >= 15 is 0 Å². The van der Waals surface area contributed by atoms with E-state index in [1.54, 1.807) is 0 Å². The summed E-state index contributed by atoms with van der Waals surface area (Å²) in [6.45, 7) is 1.81. The minimum Gasteiger partial charge on any atom is -0.320 e. The van der Waals surface area contributed by atoms with Gasteiger partial charge < -0.3 is 10.6 Å². The zero-order valence-electron chi connectivity index (χ0n) is 10.5. The Labute approximate surface area is 109 Å². The Morgan fingerprint density at radius 3 is 2.68 bits per heavy atom. The first-order chi connectivity index (χ1) is 8.80. The lowest BCUT2D eigenvalue weighted by atomic mass is 10.0. The van der Waals surface area contributed by atoms with Crippen LogP contribution in [0.25, 0.3) is 0 Å². The molecule has 2 N–H and O–H groups in total. The molecular weight excluding hydrogens is 257 g/mol. The minimum absolute atomic E-state index is 0.144. The van der Waals surface area contributed by atoms with Gasteiger partial charge in [0.05, 0.1) is 11.6 Å². The highest BCUT2D eigenvalue weighted by Crippen LogP contribution is 2.34. The van der Waals surface area contributed by atoms with Crippen LogP contribution in [-0.4, -0.2) is 18.5 Å². The number of anilines is 1. The Bertz CT molecular complexity index is 499. The molecule has 0 spiro atoms. The number of carbonyl (C=O) groups excluding carboxylic acids is 1. The van der Waals surface area contributed by atoms with Gasteiger partial charge in [0.25, 0.3) is 0 Å². The van der Waals surface area contributed by atoms with Gasteiger partial charge in [-0.3, -0.25) is 4.79 Å². The Morgan fingerprint density at radius 2 is 2.05 bits per heavy atom. The molecule has 1 aliphatic heterocycles. The largest absolute Gasteiger partial charge is 0.416 e. The third kappa shape index (κ3) is 2.73. The molecule has 0 saturated carbocycles. The molecule has 1 amide bonds. The summed E-state index contributed by atoms with van der Waals surface area (Å²) in [5.41, 5.74) is 5.34. The van der Waals surface area contributed by atoms with Crippen molar-refractivity contribution in [1.82, 2.24) is 0 Å². The number of halogens is 3. The summed E-state index contributed by atoms with van der Waals surface area (Å²) in [6, 6.07) is 3.31. The van der Waals surface area contributed by atoms with Gasteiger partial charge in [0.1, 0.15) is 0 Å². The molecule has 6 heteroatoms. The molecule has 0 aliphatic carbocycles. The van der Waals surface area contributed by atoms with Gasteiger partial charge in [-0.15, -0.1) is 0 Å². The molecule has 1 aromatic rings. The van der Waals surface area contributed by atoms with Crippen molar-refractivity contribution in [1.29, 1.82) is 0 Å². The normalized spacial score (nSPS) is 20.8. The van der Waals surface area contributed by atoms with Crippen molar-refractivity contribution in [2.75, 3.05) is 11.4 Å². The summed E-state index contributed by atoms with van der Waals surface area (Å²) in [7, 11) is 0. The second-order valence-corrected chi connectivity index (χ2v) is 4.74. The number of rotatable bonds is 1. The van der Waals surface area contributed by atoms with Crippen LogP contribution in [0.15, 0.2) is 18.2 Å². The number of nitrogens with zero attached hydrogens (tertiary/aromatic N) is 1. The Morgan fingerprint density at radius 1 is 1.37 bits per heavy atom. The van der Waals surface area contributed by atoms with Crippen molar-refractivity contribution >= 4 is 11.6 Å². The highest BCUT2D eigenvalue weighted by Gasteiger charge is 2.34. The highest BCUT2D eigenvalue weighted by molar-refractivity contribution is 5.97. The molecule has 1 aliphatic rings. The maximum absolute atomic E-state index is 12.8. The first-order valence-corrected chi connectivity index (χ1v) is 6.05. The van der Waals surface area contributed by atoms with E-state index in [2.05, 4.69) is 0 Å².